The number of hydroxylamine groups is 2. The monoisotopic (exact) mass is 226 g/mol. The van der Waals surface area contributed by atoms with Crippen LogP contribution in [0.1, 0.15) is 17.3 Å². The number of nitrogens with zero attached hydrogens (tertiary/aromatic N) is 2. The van der Waals surface area contributed by atoms with Gasteiger partial charge in [0.05, 0.1) is 12.7 Å². The van der Waals surface area contributed by atoms with E-state index in [9.17, 15) is 4.79 Å². The van der Waals surface area contributed by atoms with Crippen molar-refractivity contribution in [1.82, 2.24) is 10.0 Å². The summed E-state index contributed by atoms with van der Waals surface area (Å²) < 4.78 is 0. The third-order valence-electron chi connectivity index (χ3n) is 1.87. The van der Waals surface area contributed by atoms with Crippen LogP contribution in [0, 0.1) is 0 Å². The molecular weight excluding hydrogens is 212 g/mol. The van der Waals surface area contributed by atoms with Gasteiger partial charge < -0.3 is 0 Å². The zero-order valence-electron chi connectivity index (χ0n) is 9.06. The summed E-state index contributed by atoms with van der Waals surface area (Å²) in [6.07, 6.45) is 3.31. The molecule has 0 aliphatic heterocycles. The van der Waals surface area contributed by atoms with E-state index in [4.69, 9.17) is 4.84 Å². The zero-order chi connectivity index (χ0) is 11.3. The van der Waals surface area contributed by atoms with Crippen molar-refractivity contribution >= 4 is 17.7 Å². The third-order valence-corrected chi connectivity index (χ3v) is 2.80. The van der Waals surface area contributed by atoms with Crippen molar-refractivity contribution in [2.24, 2.45) is 0 Å². The van der Waals surface area contributed by atoms with Crippen LogP contribution in [-0.4, -0.2) is 35.9 Å². The minimum atomic E-state index is -0.157. The predicted molar refractivity (Wildman–Crippen MR) is 59.7 cm³/mol. The van der Waals surface area contributed by atoms with Gasteiger partial charge in [0, 0.05) is 24.3 Å². The summed E-state index contributed by atoms with van der Waals surface area (Å²) in [5, 5.41) is 1.20. The zero-order valence-corrected chi connectivity index (χ0v) is 9.87. The van der Waals surface area contributed by atoms with Gasteiger partial charge in [-0.15, -0.1) is 11.8 Å². The lowest BCUT2D eigenvalue weighted by Gasteiger charge is -2.15. The maximum absolute atomic E-state index is 11.8. The van der Waals surface area contributed by atoms with Gasteiger partial charge in [0.25, 0.3) is 5.91 Å². The van der Waals surface area contributed by atoms with E-state index in [0.717, 1.165) is 10.6 Å². The molecule has 1 rings (SSSR count). The number of thioether (sulfide) groups is 1. The number of hydrogen-bond donors (Lipinski definition) is 0. The van der Waals surface area contributed by atoms with Crippen LogP contribution in [0.25, 0.3) is 0 Å². The number of carbonyl (C=O) groups is 1. The Labute approximate surface area is 93.6 Å². The summed E-state index contributed by atoms with van der Waals surface area (Å²) in [6.45, 7) is 2.03. The number of carbonyl (C=O) groups excluding carboxylic acids is 1. The Hall–Kier alpha value is -1.07. The van der Waals surface area contributed by atoms with Crippen molar-refractivity contribution in [1.29, 1.82) is 0 Å². The lowest BCUT2D eigenvalue weighted by molar-refractivity contribution is -0.0759. The Morgan fingerprint density at radius 3 is 3.00 bits per heavy atom. The average Bonchev–Trinajstić information content (AvgIpc) is 2.28. The van der Waals surface area contributed by atoms with E-state index in [-0.39, 0.29) is 5.91 Å². The second-order valence-corrected chi connectivity index (χ2v) is 4.10. The second-order valence-electron chi connectivity index (χ2n) is 2.79. The molecule has 0 aliphatic carbocycles. The molecule has 15 heavy (non-hydrogen) atoms. The SMILES string of the molecule is CCSc1cnccc1C(=O)N(C)OC. The van der Waals surface area contributed by atoms with E-state index in [1.807, 2.05) is 6.92 Å². The lowest BCUT2D eigenvalue weighted by atomic mass is 10.2. The highest BCUT2D eigenvalue weighted by Crippen LogP contribution is 2.22. The standard InChI is InChI=1S/C10H14N2O2S/c1-4-15-9-7-11-6-5-8(9)10(13)12(2)14-3/h5-7H,4H2,1-3H3. The normalized spacial score (nSPS) is 10.1. The molecule has 0 aromatic carbocycles. The maximum atomic E-state index is 11.8. The van der Waals surface area contributed by atoms with Crippen LogP contribution in [-0.2, 0) is 4.84 Å². The first-order valence-electron chi connectivity index (χ1n) is 4.59. The first-order chi connectivity index (χ1) is 7.20. The maximum Gasteiger partial charge on any atom is 0.278 e. The molecule has 1 amide bonds. The average molecular weight is 226 g/mol. The van der Waals surface area contributed by atoms with Gasteiger partial charge in [-0.05, 0) is 11.8 Å². The van der Waals surface area contributed by atoms with Gasteiger partial charge in [-0.1, -0.05) is 6.92 Å². The molecule has 4 nitrogen and oxygen atoms in total. The number of amides is 1. The Bertz CT molecular complexity index is 344. The molecule has 0 spiro atoms. The summed E-state index contributed by atoms with van der Waals surface area (Å²) in [7, 11) is 3.05. The molecule has 0 unspecified atom stereocenters. The summed E-state index contributed by atoms with van der Waals surface area (Å²) in [5.74, 6) is 0.749. The molecule has 1 heterocycles. The molecule has 0 saturated heterocycles. The van der Waals surface area contributed by atoms with E-state index in [2.05, 4.69) is 4.98 Å². The molecule has 0 aliphatic rings. The fourth-order valence-corrected chi connectivity index (χ4v) is 1.84. The highest BCUT2D eigenvalue weighted by atomic mass is 32.2. The van der Waals surface area contributed by atoms with Crippen LogP contribution >= 0.6 is 11.8 Å². The third kappa shape index (κ3) is 2.94. The van der Waals surface area contributed by atoms with E-state index in [1.54, 1.807) is 37.3 Å². The molecule has 0 bridgehead atoms. The molecule has 0 N–H and O–H groups in total. The quantitative estimate of drug-likeness (QED) is 0.580. The van der Waals surface area contributed by atoms with Crippen molar-refractivity contribution < 1.29 is 9.63 Å². The predicted octanol–water partition coefficient (Wildman–Crippen LogP) is 1.83. The molecule has 82 valence electrons. The van der Waals surface area contributed by atoms with Crippen molar-refractivity contribution in [3.05, 3.63) is 24.0 Å². The van der Waals surface area contributed by atoms with Crippen LogP contribution < -0.4 is 0 Å². The van der Waals surface area contributed by atoms with Gasteiger partial charge in [-0.3, -0.25) is 14.6 Å². The fraction of sp³-hybridized carbons (Fsp3) is 0.400. The second kappa shape index (κ2) is 5.72. The first kappa shape index (κ1) is 12.0. The Morgan fingerprint density at radius 2 is 2.40 bits per heavy atom. The highest BCUT2D eigenvalue weighted by molar-refractivity contribution is 7.99. The molecule has 5 heteroatoms. The summed E-state index contributed by atoms with van der Waals surface area (Å²) in [4.78, 5) is 21.6. The van der Waals surface area contributed by atoms with Crippen molar-refractivity contribution in [3.8, 4) is 0 Å². The molecule has 0 fully saturated rings. The van der Waals surface area contributed by atoms with Gasteiger partial charge in [-0.25, -0.2) is 5.06 Å². The van der Waals surface area contributed by atoms with E-state index < -0.39 is 0 Å². The number of rotatable bonds is 4. The summed E-state index contributed by atoms with van der Waals surface area (Å²) in [6, 6.07) is 1.70. The highest BCUT2D eigenvalue weighted by Gasteiger charge is 2.15. The Kier molecular flexibility index (Phi) is 4.58. The molecule has 0 radical (unpaired) electrons. The topological polar surface area (TPSA) is 42.4 Å². The molecular formula is C10H14N2O2S. The van der Waals surface area contributed by atoms with Crippen LogP contribution in [0.5, 0.6) is 0 Å². The first-order valence-corrected chi connectivity index (χ1v) is 5.58. The Balaban J connectivity index is 2.96. The molecule has 1 aromatic heterocycles. The minimum absolute atomic E-state index is 0.157. The number of aromatic nitrogens is 1. The van der Waals surface area contributed by atoms with Gasteiger partial charge in [0.15, 0.2) is 0 Å². The van der Waals surface area contributed by atoms with E-state index in [0.29, 0.717) is 5.56 Å². The summed E-state index contributed by atoms with van der Waals surface area (Å²) >= 11 is 1.59. The molecule has 1 aromatic rings. The Morgan fingerprint density at radius 1 is 1.67 bits per heavy atom. The number of pyridine rings is 1. The van der Waals surface area contributed by atoms with Gasteiger partial charge in [0.2, 0.25) is 0 Å². The van der Waals surface area contributed by atoms with Crippen molar-refractivity contribution in [2.75, 3.05) is 19.9 Å². The van der Waals surface area contributed by atoms with Crippen LogP contribution in [0.15, 0.2) is 23.4 Å². The fourth-order valence-electron chi connectivity index (χ4n) is 1.08. The van der Waals surface area contributed by atoms with Crippen LogP contribution in [0.2, 0.25) is 0 Å². The van der Waals surface area contributed by atoms with Crippen LogP contribution in [0.4, 0.5) is 0 Å². The van der Waals surface area contributed by atoms with E-state index >= 15 is 0 Å². The van der Waals surface area contributed by atoms with Crippen molar-refractivity contribution in [2.45, 2.75) is 11.8 Å². The van der Waals surface area contributed by atoms with E-state index in [1.165, 1.54) is 12.2 Å². The minimum Gasteiger partial charge on any atom is -0.274 e. The smallest absolute Gasteiger partial charge is 0.274 e. The van der Waals surface area contributed by atoms with Gasteiger partial charge in [0.1, 0.15) is 0 Å². The van der Waals surface area contributed by atoms with Gasteiger partial charge >= 0.3 is 0 Å². The largest absolute Gasteiger partial charge is 0.278 e. The molecule has 0 atom stereocenters. The van der Waals surface area contributed by atoms with Gasteiger partial charge in [-0.2, -0.15) is 0 Å². The van der Waals surface area contributed by atoms with Crippen molar-refractivity contribution in [3.63, 3.8) is 0 Å². The van der Waals surface area contributed by atoms with Crippen LogP contribution in [0.3, 0.4) is 0 Å². The summed E-state index contributed by atoms with van der Waals surface area (Å²) in [5.41, 5.74) is 0.626. The molecule has 0 saturated carbocycles. The lowest BCUT2D eigenvalue weighted by Crippen LogP contribution is -2.25. The number of hydrogen-bond acceptors (Lipinski definition) is 4.